The molecule has 1 fully saturated rings. The van der Waals surface area contributed by atoms with Gasteiger partial charge in [-0.05, 0) is 98.9 Å². The highest BCUT2D eigenvalue weighted by molar-refractivity contribution is 7.89. The quantitative estimate of drug-likeness (QED) is 0.0753. The van der Waals surface area contributed by atoms with Gasteiger partial charge in [0.25, 0.3) is 0 Å². The number of nitrogens with one attached hydrogen (secondary N) is 1. The molecule has 1 saturated carbocycles. The summed E-state index contributed by atoms with van der Waals surface area (Å²) < 4.78 is 45.2. The maximum Gasteiger partial charge on any atom is 0.243 e. The third-order valence-corrected chi connectivity index (χ3v) is 12.5. The van der Waals surface area contributed by atoms with Crippen LogP contribution in [0.4, 0.5) is 5.69 Å². The summed E-state index contributed by atoms with van der Waals surface area (Å²) in [5.74, 6) is -2.06. The van der Waals surface area contributed by atoms with Crippen LogP contribution in [0.3, 0.4) is 0 Å². The lowest BCUT2D eigenvalue weighted by Crippen LogP contribution is -2.70. The predicted molar refractivity (Wildman–Crippen MR) is 203 cm³/mol. The molecule has 0 bridgehead atoms. The largest absolute Gasteiger partial charge is 0.508 e. The summed E-state index contributed by atoms with van der Waals surface area (Å²) in [4.78, 5) is 17.5. The highest BCUT2D eigenvalue weighted by Gasteiger charge is 2.66. The van der Waals surface area contributed by atoms with Crippen molar-refractivity contribution >= 4 is 27.3 Å². The Labute approximate surface area is 313 Å². The van der Waals surface area contributed by atoms with Gasteiger partial charge in [0.2, 0.25) is 21.7 Å². The fourth-order valence-corrected chi connectivity index (χ4v) is 10.2. The van der Waals surface area contributed by atoms with E-state index in [1.807, 2.05) is 13.8 Å². The number of amides is 1. The molecular weight excluding hydrogens is 699 g/mol. The van der Waals surface area contributed by atoms with Gasteiger partial charge < -0.3 is 34.9 Å². The molecule has 3 aliphatic rings. The monoisotopic (exact) mass is 753 g/mol. The average molecular weight is 754 g/mol. The highest BCUT2D eigenvalue weighted by Crippen LogP contribution is 2.62. The average Bonchev–Trinajstić information content (AvgIpc) is 3.13. The Morgan fingerprint density at radius 3 is 2.45 bits per heavy atom. The summed E-state index contributed by atoms with van der Waals surface area (Å²) in [5.41, 5.74) is 2.74. The number of rotatable bonds is 19. The second kappa shape index (κ2) is 18.1. The van der Waals surface area contributed by atoms with E-state index in [0.29, 0.717) is 43.0 Å². The maximum atomic E-state index is 14.9. The number of fused-ring (bicyclic) bond motifs is 2. The fraction of sp³-hybridized carbons (Fsp3) is 0.550. The minimum absolute atomic E-state index is 0.00482. The number of carbonyl (C=O) groups is 1. The Kier molecular flexibility index (Phi) is 13.8. The minimum atomic E-state index is -4.20. The highest BCUT2D eigenvalue weighted by atomic mass is 32.2. The Morgan fingerprint density at radius 2 is 1.81 bits per heavy atom. The fourth-order valence-electron chi connectivity index (χ4n) is 8.49. The molecular formula is C40H55N3O9S. The molecule has 0 spiro atoms. The molecule has 0 radical (unpaired) electrons. The smallest absolute Gasteiger partial charge is 0.243 e. The van der Waals surface area contributed by atoms with Crippen molar-refractivity contribution < 1.29 is 42.8 Å². The Hall–Kier alpha value is -3.75. The Bertz CT molecular complexity index is 1750. The van der Waals surface area contributed by atoms with E-state index in [4.69, 9.17) is 14.3 Å². The molecule has 1 amide bonds. The summed E-state index contributed by atoms with van der Waals surface area (Å²) in [6.07, 6.45) is 8.86. The topological polar surface area (TPSA) is 167 Å². The third kappa shape index (κ3) is 8.49. The van der Waals surface area contributed by atoms with E-state index < -0.39 is 27.8 Å². The number of aromatic hydroxyl groups is 1. The molecule has 5 rings (SSSR count). The van der Waals surface area contributed by atoms with Crippen molar-refractivity contribution in [2.45, 2.75) is 94.8 Å². The molecule has 6 atom stereocenters. The van der Waals surface area contributed by atoms with Gasteiger partial charge in [-0.15, -0.1) is 6.58 Å². The Morgan fingerprint density at radius 1 is 1.09 bits per heavy atom. The number of benzene rings is 2. The molecule has 53 heavy (non-hydrogen) atoms. The van der Waals surface area contributed by atoms with Crippen LogP contribution in [0, 0.1) is 17.8 Å². The number of aliphatic hydroxyl groups is 2. The SMILES string of the molecule is C=CCO[C@@]12Oc3ccc(O)cc3[C@H]3[C@H](CCCCO)[C@@H](CCCCO)C=C(C(=NOCC)C[C@@H]1N(CCC)S(=O)(=O)c1ccc(NC(C)=O)cc1)[C@H]32. The summed E-state index contributed by atoms with van der Waals surface area (Å²) >= 11 is 0. The first-order chi connectivity index (χ1) is 25.6. The van der Waals surface area contributed by atoms with Crippen LogP contribution < -0.4 is 10.1 Å². The summed E-state index contributed by atoms with van der Waals surface area (Å²) in [7, 11) is -4.20. The molecule has 1 aliphatic heterocycles. The molecule has 2 aromatic rings. The van der Waals surface area contributed by atoms with Crippen LogP contribution >= 0.6 is 0 Å². The number of sulfonamides is 1. The van der Waals surface area contributed by atoms with Crippen molar-refractivity contribution in [3.05, 3.63) is 72.3 Å². The van der Waals surface area contributed by atoms with E-state index in [1.165, 1.54) is 23.4 Å². The first-order valence-electron chi connectivity index (χ1n) is 18.8. The minimum Gasteiger partial charge on any atom is -0.508 e. The van der Waals surface area contributed by atoms with Crippen molar-refractivity contribution in [3.63, 3.8) is 0 Å². The van der Waals surface area contributed by atoms with Crippen LogP contribution in [-0.4, -0.2) is 84.5 Å². The summed E-state index contributed by atoms with van der Waals surface area (Å²) in [5, 5.41) is 37.7. The van der Waals surface area contributed by atoms with Crippen LogP contribution in [-0.2, 0) is 24.4 Å². The summed E-state index contributed by atoms with van der Waals surface area (Å²) in [6.45, 7) is 9.76. The molecule has 0 aromatic heterocycles. The van der Waals surface area contributed by atoms with Gasteiger partial charge >= 0.3 is 0 Å². The number of phenols is 1. The number of ether oxygens (including phenoxy) is 2. The standard InChI is InChI=1S/C40H55N3O9S/c1-5-20-43(53(48,49)31-17-14-29(15-18-31)41-27(4)46)37-26-35(42-51-7-3)33-24-28(12-8-10-21-44)32(13-9-11-22-45)38-34-25-30(47)16-19-36(34)52-40(37,39(33)38)50-23-6-2/h6,14-19,24-25,28,32,37-39,44-45,47H,2,5,7-13,20-23,26H2,1,3-4H3,(H,41,46)/t28-,32+,37-,38+,39+,40+/m0/s1. The number of phenolic OH excluding ortho intramolecular Hbond substituents is 1. The van der Waals surface area contributed by atoms with Crippen molar-refractivity contribution in [1.29, 1.82) is 0 Å². The van der Waals surface area contributed by atoms with Crippen molar-refractivity contribution in [2.75, 3.05) is 38.3 Å². The number of hydrogen-bond acceptors (Lipinski definition) is 10. The number of anilines is 1. The molecule has 12 nitrogen and oxygen atoms in total. The molecule has 0 unspecified atom stereocenters. The molecule has 0 saturated heterocycles. The zero-order valence-corrected chi connectivity index (χ0v) is 31.9. The lowest BCUT2D eigenvalue weighted by molar-refractivity contribution is -0.251. The van der Waals surface area contributed by atoms with Crippen LogP contribution in [0.25, 0.3) is 0 Å². The number of carbonyl (C=O) groups excluding carboxylic acids is 1. The predicted octanol–water partition coefficient (Wildman–Crippen LogP) is 6.11. The van der Waals surface area contributed by atoms with Crippen molar-refractivity contribution in [2.24, 2.45) is 22.9 Å². The number of allylic oxidation sites excluding steroid dienone is 1. The third-order valence-electron chi connectivity index (χ3n) is 10.5. The zero-order valence-electron chi connectivity index (χ0n) is 31.1. The number of aliphatic hydroxyl groups excluding tert-OH is 2. The van der Waals surface area contributed by atoms with Gasteiger partial charge in [-0.25, -0.2) is 8.42 Å². The second-order valence-corrected chi connectivity index (χ2v) is 15.9. The maximum absolute atomic E-state index is 14.9. The first kappa shape index (κ1) is 40.4. The van der Waals surface area contributed by atoms with E-state index in [1.54, 1.807) is 36.4 Å². The molecule has 4 N–H and O–H groups in total. The summed E-state index contributed by atoms with van der Waals surface area (Å²) in [6, 6.07) is 10.2. The van der Waals surface area contributed by atoms with Gasteiger partial charge in [-0.3, -0.25) is 4.79 Å². The van der Waals surface area contributed by atoms with Crippen LogP contribution in [0.1, 0.15) is 83.6 Å². The molecule has 13 heteroatoms. The van der Waals surface area contributed by atoms with Crippen LogP contribution in [0.2, 0.25) is 0 Å². The lowest BCUT2D eigenvalue weighted by Gasteiger charge is -2.59. The Balaban J connectivity index is 1.77. The van der Waals surface area contributed by atoms with Crippen LogP contribution in [0.15, 0.2) is 76.8 Å². The van der Waals surface area contributed by atoms with Gasteiger partial charge in [0, 0.05) is 50.3 Å². The van der Waals surface area contributed by atoms with Crippen molar-refractivity contribution in [3.8, 4) is 11.5 Å². The normalized spacial score (nSPS) is 25.6. The van der Waals surface area contributed by atoms with E-state index in [0.717, 1.165) is 36.8 Å². The van der Waals surface area contributed by atoms with Crippen LogP contribution in [0.5, 0.6) is 11.5 Å². The van der Waals surface area contributed by atoms with Gasteiger partial charge in [-0.2, -0.15) is 4.31 Å². The zero-order chi connectivity index (χ0) is 38.2. The molecule has 2 aliphatic carbocycles. The number of nitrogens with zero attached hydrogens (tertiary/aromatic N) is 2. The van der Waals surface area contributed by atoms with E-state index in [9.17, 15) is 28.5 Å². The van der Waals surface area contributed by atoms with Gasteiger partial charge in [0.15, 0.2) is 0 Å². The first-order valence-corrected chi connectivity index (χ1v) is 20.3. The number of oxime groups is 1. The van der Waals surface area contributed by atoms with E-state index in [2.05, 4.69) is 23.1 Å². The van der Waals surface area contributed by atoms with E-state index >= 15 is 0 Å². The second-order valence-electron chi connectivity index (χ2n) is 14.0. The lowest BCUT2D eigenvalue weighted by atomic mass is 9.55. The van der Waals surface area contributed by atoms with Gasteiger partial charge in [0.05, 0.1) is 29.2 Å². The van der Waals surface area contributed by atoms with E-state index in [-0.39, 0.29) is 67.1 Å². The van der Waals surface area contributed by atoms with Gasteiger partial charge in [-0.1, -0.05) is 37.1 Å². The van der Waals surface area contributed by atoms with Crippen molar-refractivity contribution in [1.82, 2.24) is 4.31 Å². The molecule has 1 heterocycles. The van der Waals surface area contributed by atoms with Gasteiger partial charge in [0.1, 0.15) is 18.1 Å². The number of hydrogen-bond donors (Lipinski definition) is 4. The number of unbranched alkanes of at least 4 members (excludes halogenated alkanes) is 2. The molecule has 2 aromatic carbocycles. The molecule has 290 valence electrons.